The summed E-state index contributed by atoms with van der Waals surface area (Å²) >= 11 is 6.09. The fraction of sp³-hybridized carbons (Fsp3) is 0.143. The number of aryl methyl sites for hydroxylation is 1. The van der Waals surface area contributed by atoms with E-state index in [2.05, 4.69) is 10.5 Å². The maximum absolute atomic E-state index is 12.0. The number of halogens is 1. The van der Waals surface area contributed by atoms with E-state index in [1.54, 1.807) is 6.07 Å². The molecule has 0 aliphatic carbocycles. The maximum atomic E-state index is 12.0. The predicted octanol–water partition coefficient (Wildman–Crippen LogP) is 4.18. The van der Waals surface area contributed by atoms with Crippen molar-refractivity contribution in [2.75, 3.05) is 6.61 Å². The van der Waals surface area contributed by atoms with Crippen LogP contribution in [0.3, 0.4) is 0 Å². The van der Waals surface area contributed by atoms with E-state index in [1.165, 1.54) is 24.4 Å². The fourth-order valence-electron chi connectivity index (χ4n) is 3.01. The van der Waals surface area contributed by atoms with Crippen molar-refractivity contribution < 1.29 is 14.5 Å². The van der Waals surface area contributed by atoms with Crippen molar-refractivity contribution in [2.45, 2.75) is 13.8 Å². The molecule has 1 amide bonds. The molecule has 30 heavy (non-hydrogen) atoms. The molecule has 0 radical (unpaired) electrons. The Kier molecular flexibility index (Phi) is 6.48. The molecule has 1 N–H and O–H groups in total. The molecule has 0 aliphatic rings. The number of ether oxygens (including phenoxy) is 1. The van der Waals surface area contributed by atoms with Gasteiger partial charge in [-0.2, -0.15) is 5.10 Å². The van der Waals surface area contributed by atoms with Crippen molar-refractivity contribution in [3.63, 3.8) is 0 Å². The maximum Gasteiger partial charge on any atom is 0.310 e. The van der Waals surface area contributed by atoms with Crippen molar-refractivity contribution >= 4 is 29.4 Å². The number of carbonyl (C=O) groups is 1. The van der Waals surface area contributed by atoms with Crippen LogP contribution in [0, 0.1) is 24.0 Å². The minimum atomic E-state index is -0.568. The van der Waals surface area contributed by atoms with Crippen molar-refractivity contribution in [3.8, 4) is 11.4 Å². The molecule has 0 saturated heterocycles. The minimum Gasteiger partial charge on any atom is -0.477 e. The first-order chi connectivity index (χ1) is 14.4. The Labute approximate surface area is 177 Å². The van der Waals surface area contributed by atoms with Gasteiger partial charge in [-0.3, -0.25) is 14.9 Å². The van der Waals surface area contributed by atoms with Gasteiger partial charge in [-0.15, -0.1) is 0 Å². The first-order valence-electron chi connectivity index (χ1n) is 9.00. The van der Waals surface area contributed by atoms with Crippen molar-refractivity contribution in [1.82, 2.24) is 9.99 Å². The SMILES string of the molecule is Cc1cc(/C=N/NC(=O)COc2ccccc2[N+](=O)[O-])c(C)n1-c1cccc(Cl)c1. The number of nitrogens with one attached hydrogen (secondary N) is 1. The number of aromatic nitrogens is 1. The highest BCUT2D eigenvalue weighted by Crippen LogP contribution is 2.25. The molecule has 0 bridgehead atoms. The molecule has 154 valence electrons. The standard InChI is InChI=1S/C21H19ClN4O4/c1-14-10-16(15(2)25(14)18-7-5-6-17(22)11-18)12-23-24-21(27)13-30-20-9-4-3-8-19(20)26(28)29/h3-12H,13H2,1-2H3,(H,24,27)/b23-12+. The summed E-state index contributed by atoms with van der Waals surface area (Å²) in [4.78, 5) is 22.4. The highest BCUT2D eigenvalue weighted by atomic mass is 35.5. The average Bonchev–Trinajstić information content (AvgIpc) is 2.99. The van der Waals surface area contributed by atoms with E-state index in [-0.39, 0.29) is 11.4 Å². The van der Waals surface area contributed by atoms with Gasteiger partial charge in [-0.05, 0) is 44.2 Å². The first kappa shape index (κ1) is 21.1. The summed E-state index contributed by atoms with van der Waals surface area (Å²) in [5.41, 5.74) is 5.83. The fourth-order valence-corrected chi connectivity index (χ4v) is 3.19. The van der Waals surface area contributed by atoms with Crippen LogP contribution in [0.2, 0.25) is 5.02 Å². The topological polar surface area (TPSA) is 98.8 Å². The van der Waals surface area contributed by atoms with Crippen LogP contribution in [-0.2, 0) is 4.79 Å². The molecule has 3 aromatic rings. The molecule has 8 nitrogen and oxygen atoms in total. The number of rotatable bonds is 7. The molecule has 0 spiro atoms. The zero-order chi connectivity index (χ0) is 21.7. The Morgan fingerprint density at radius 2 is 2.00 bits per heavy atom. The molecule has 3 rings (SSSR count). The quantitative estimate of drug-likeness (QED) is 0.348. The second kappa shape index (κ2) is 9.23. The zero-order valence-electron chi connectivity index (χ0n) is 16.3. The number of nitrogens with zero attached hydrogens (tertiary/aromatic N) is 3. The van der Waals surface area contributed by atoms with E-state index in [9.17, 15) is 14.9 Å². The third kappa shape index (κ3) is 4.84. The minimum absolute atomic E-state index is 0.0201. The van der Waals surface area contributed by atoms with Crippen LogP contribution in [0.25, 0.3) is 5.69 Å². The molecule has 0 fully saturated rings. The highest BCUT2D eigenvalue weighted by molar-refractivity contribution is 6.30. The number of hydrazone groups is 1. The van der Waals surface area contributed by atoms with E-state index in [4.69, 9.17) is 16.3 Å². The van der Waals surface area contributed by atoms with Crippen molar-refractivity contribution in [1.29, 1.82) is 0 Å². The van der Waals surface area contributed by atoms with Crippen LogP contribution < -0.4 is 10.2 Å². The summed E-state index contributed by atoms with van der Waals surface area (Å²) < 4.78 is 7.27. The average molecular weight is 427 g/mol. The lowest BCUT2D eigenvalue weighted by Crippen LogP contribution is -2.24. The summed E-state index contributed by atoms with van der Waals surface area (Å²) in [7, 11) is 0. The van der Waals surface area contributed by atoms with Crippen LogP contribution in [0.15, 0.2) is 59.7 Å². The van der Waals surface area contributed by atoms with Gasteiger partial charge in [0.15, 0.2) is 12.4 Å². The number of benzene rings is 2. The van der Waals surface area contributed by atoms with Gasteiger partial charge in [-0.25, -0.2) is 5.43 Å². The molecule has 0 atom stereocenters. The predicted molar refractivity (Wildman–Crippen MR) is 115 cm³/mol. The number of para-hydroxylation sites is 2. The van der Waals surface area contributed by atoms with Gasteiger partial charge in [0.2, 0.25) is 0 Å². The van der Waals surface area contributed by atoms with Crippen LogP contribution >= 0.6 is 11.6 Å². The zero-order valence-corrected chi connectivity index (χ0v) is 17.1. The van der Waals surface area contributed by atoms with Gasteiger partial charge in [0.25, 0.3) is 5.91 Å². The number of nitro benzene ring substituents is 1. The number of nitro groups is 1. The van der Waals surface area contributed by atoms with E-state index in [0.29, 0.717) is 5.02 Å². The lowest BCUT2D eigenvalue weighted by atomic mass is 10.2. The molecule has 0 saturated carbocycles. The van der Waals surface area contributed by atoms with Gasteiger partial charge in [-0.1, -0.05) is 29.8 Å². The van der Waals surface area contributed by atoms with Crippen LogP contribution in [0.4, 0.5) is 5.69 Å². The van der Waals surface area contributed by atoms with E-state index in [0.717, 1.165) is 22.6 Å². The molecule has 0 aliphatic heterocycles. The van der Waals surface area contributed by atoms with E-state index >= 15 is 0 Å². The van der Waals surface area contributed by atoms with Crippen molar-refractivity contribution in [3.05, 3.63) is 86.7 Å². The van der Waals surface area contributed by atoms with Gasteiger partial charge in [0, 0.05) is 33.7 Å². The first-order valence-corrected chi connectivity index (χ1v) is 9.37. The Balaban J connectivity index is 1.64. The number of hydrogen-bond donors (Lipinski definition) is 1. The third-order valence-corrected chi connectivity index (χ3v) is 4.59. The molecule has 2 aromatic carbocycles. The number of hydrogen-bond acceptors (Lipinski definition) is 5. The van der Waals surface area contributed by atoms with Gasteiger partial charge in [0.05, 0.1) is 11.1 Å². The summed E-state index contributed by atoms with van der Waals surface area (Å²) in [6.07, 6.45) is 1.53. The Morgan fingerprint density at radius 1 is 1.23 bits per heavy atom. The molecule has 1 heterocycles. The summed E-state index contributed by atoms with van der Waals surface area (Å²) in [5, 5.41) is 15.6. The smallest absolute Gasteiger partial charge is 0.310 e. The Bertz CT molecular complexity index is 1120. The van der Waals surface area contributed by atoms with Gasteiger partial charge >= 0.3 is 5.69 Å². The van der Waals surface area contributed by atoms with Crippen molar-refractivity contribution in [2.24, 2.45) is 5.10 Å². The number of carbonyl (C=O) groups excluding carboxylic acids is 1. The summed E-state index contributed by atoms with van der Waals surface area (Å²) in [6.45, 7) is 3.50. The summed E-state index contributed by atoms with van der Waals surface area (Å²) in [6, 6.07) is 15.3. The monoisotopic (exact) mass is 426 g/mol. The largest absolute Gasteiger partial charge is 0.477 e. The molecule has 1 aromatic heterocycles. The highest BCUT2D eigenvalue weighted by Gasteiger charge is 2.15. The van der Waals surface area contributed by atoms with Crippen LogP contribution in [0.5, 0.6) is 5.75 Å². The van der Waals surface area contributed by atoms with Crippen LogP contribution in [0.1, 0.15) is 17.0 Å². The Morgan fingerprint density at radius 3 is 2.73 bits per heavy atom. The van der Waals surface area contributed by atoms with Crippen LogP contribution in [-0.4, -0.2) is 28.2 Å². The van der Waals surface area contributed by atoms with E-state index < -0.39 is 17.4 Å². The molecule has 9 heteroatoms. The lowest BCUT2D eigenvalue weighted by Gasteiger charge is -2.09. The number of amides is 1. The van der Waals surface area contributed by atoms with Gasteiger partial charge < -0.3 is 9.30 Å². The Hall–Kier alpha value is -3.65. The second-order valence-corrected chi connectivity index (χ2v) is 6.88. The van der Waals surface area contributed by atoms with Gasteiger partial charge in [0.1, 0.15) is 0 Å². The molecular weight excluding hydrogens is 408 g/mol. The molecule has 0 unspecified atom stereocenters. The normalized spacial score (nSPS) is 10.9. The third-order valence-electron chi connectivity index (χ3n) is 4.35. The second-order valence-electron chi connectivity index (χ2n) is 6.45. The van der Waals surface area contributed by atoms with E-state index in [1.807, 2.05) is 48.7 Å². The molecular formula is C21H19ClN4O4. The lowest BCUT2D eigenvalue weighted by molar-refractivity contribution is -0.385. The summed E-state index contributed by atoms with van der Waals surface area (Å²) in [5.74, 6) is -0.514.